The van der Waals surface area contributed by atoms with E-state index in [2.05, 4.69) is 10.1 Å². The molecule has 0 atom stereocenters. The third kappa shape index (κ3) is 4.19. The number of hydrogen-bond acceptors (Lipinski definition) is 7. The lowest BCUT2D eigenvalue weighted by molar-refractivity contribution is 0.0707. The number of amides is 1. The van der Waals surface area contributed by atoms with Gasteiger partial charge in [0, 0.05) is 25.1 Å². The fourth-order valence-electron chi connectivity index (χ4n) is 3.82. The highest BCUT2D eigenvalue weighted by molar-refractivity contribution is 5.97. The maximum atomic E-state index is 13.0. The van der Waals surface area contributed by atoms with Crippen LogP contribution < -0.4 is 14.2 Å². The summed E-state index contributed by atoms with van der Waals surface area (Å²) >= 11 is 0. The quantitative estimate of drug-likeness (QED) is 0.596. The van der Waals surface area contributed by atoms with E-state index in [0.717, 1.165) is 18.4 Å². The minimum atomic E-state index is -0.0548. The van der Waals surface area contributed by atoms with Crippen LogP contribution in [0, 0.1) is 0 Å². The summed E-state index contributed by atoms with van der Waals surface area (Å²) < 4.78 is 21.5. The van der Waals surface area contributed by atoms with Crippen LogP contribution in [0.15, 0.2) is 47.0 Å². The highest BCUT2D eigenvalue weighted by atomic mass is 16.5. The Balaban J connectivity index is 1.44. The zero-order chi connectivity index (χ0) is 21.8. The van der Waals surface area contributed by atoms with Crippen molar-refractivity contribution in [2.24, 2.45) is 0 Å². The molecule has 162 valence electrons. The molecule has 1 aromatic heterocycles. The number of aromatic nitrogens is 2. The third-order valence-corrected chi connectivity index (χ3v) is 5.57. The van der Waals surface area contributed by atoms with Crippen molar-refractivity contribution >= 4 is 5.91 Å². The Labute approximate surface area is 180 Å². The van der Waals surface area contributed by atoms with E-state index in [4.69, 9.17) is 18.7 Å². The second kappa shape index (κ2) is 9.07. The molecule has 0 aliphatic carbocycles. The van der Waals surface area contributed by atoms with Crippen molar-refractivity contribution in [3.05, 3.63) is 53.9 Å². The van der Waals surface area contributed by atoms with Gasteiger partial charge in [-0.2, -0.15) is 4.98 Å². The van der Waals surface area contributed by atoms with E-state index in [-0.39, 0.29) is 11.8 Å². The topological polar surface area (TPSA) is 86.9 Å². The van der Waals surface area contributed by atoms with Gasteiger partial charge in [0.05, 0.1) is 32.5 Å². The number of hydrogen-bond donors (Lipinski definition) is 0. The molecule has 0 unspecified atom stereocenters. The first-order valence-corrected chi connectivity index (χ1v) is 10.1. The Hall–Kier alpha value is -3.55. The van der Waals surface area contributed by atoms with Crippen LogP contribution in [-0.4, -0.2) is 55.4 Å². The molecule has 8 nitrogen and oxygen atoms in total. The first-order valence-electron chi connectivity index (χ1n) is 10.1. The van der Waals surface area contributed by atoms with Gasteiger partial charge in [-0.15, -0.1) is 0 Å². The number of para-hydroxylation sites is 1. The van der Waals surface area contributed by atoms with Crippen molar-refractivity contribution in [3.8, 4) is 28.7 Å². The Bertz CT molecular complexity index is 1060. The van der Waals surface area contributed by atoms with Crippen LogP contribution in [0.5, 0.6) is 17.2 Å². The predicted molar refractivity (Wildman–Crippen MR) is 114 cm³/mol. The van der Waals surface area contributed by atoms with Gasteiger partial charge in [-0.3, -0.25) is 4.79 Å². The molecule has 4 rings (SSSR count). The SMILES string of the molecule is COc1ccc(C(=O)N2CCC(c3noc(-c4ccccc4OC)n3)CC2)c(OC)c1. The summed E-state index contributed by atoms with van der Waals surface area (Å²) in [5.74, 6) is 3.02. The average Bonchev–Trinajstić information content (AvgIpc) is 3.33. The summed E-state index contributed by atoms with van der Waals surface area (Å²) in [7, 11) is 4.74. The molecule has 1 saturated heterocycles. The van der Waals surface area contributed by atoms with Crippen LogP contribution in [0.1, 0.15) is 34.9 Å². The normalized spacial score (nSPS) is 14.4. The minimum absolute atomic E-state index is 0.0548. The second-order valence-electron chi connectivity index (χ2n) is 7.29. The number of methoxy groups -OCH3 is 3. The van der Waals surface area contributed by atoms with Gasteiger partial charge in [0.15, 0.2) is 5.82 Å². The fraction of sp³-hybridized carbons (Fsp3) is 0.348. The largest absolute Gasteiger partial charge is 0.497 e. The number of likely N-dealkylation sites (tertiary alicyclic amines) is 1. The van der Waals surface area contributed by atoms with Crippen molar-refractivity contribution in [1.29, 1.82) is 0 Å². The lowest BCUT2D eigenvalue weighted by Crippen LogP contribution is -2.38. The lowest BCUT2D eigenvalue weighted by Gasteiger charge is -2.31. The Kier molecular flexibility index (Phi) is 6.06. The number of ether oxygens (including phenoxy) is 3. The van der Waals surface area contributed by atoms with E-state index in [1.807, 2.05) is 29.2 Å². The number of rotatable bonds is 6. The molecule has 0 spiro atoms. The highest BCUT2D eigenvalue weighted by Gasteiger charge is 2.29. The molecule has 1 fully saturated rings. The Morgan fingerprint density at radius 2 is 1.74 bits per heavy atom. The van der Waals surface area contributed by atoms with E-state index in [9.17, 15) is 4.79 Å². The summed E-state index contributed by atoms with van der Waals surface area (Å²) in [6.07, 6.45) is 1.52. The standard InChI is InChI=1S/C23H25N3O5/c1-28-16-8-9-18(20(14-16)30-3)23(27)26-12-10-15(11-13-26)21-24-22(31-25-21)17-6-4-5-7-19(17)29-2/h4-9,14-15H,10-13H2,1-3H3. The number of carbonyl (C=O) groups excluding carboxylic acids is 1. The van der Waals surface area contributed by atoms with Crippen LogP contribution in [0.25, 0.3) is 11.5 Å². The maximum Gasteiger partial charge on any atom is 0.261 e. The molecule has 1 aliphatic rings. The van der Waals surface area contributed by atoms with Crippen molar-refractivity contribution in [2.75, 3.05) is 34.4 Å². The number of piperidine rings is 1. The van der Waals surface area contributed by atoms with Gasteiger partial charge in [0.2, 0.25) is 0 Å². The molecule has 8 heteroatoms. The Morgan fingerprint density at radius 1 is 1.00 bits per heavy atom. The molecule has 31 heavy (non-hydrogen) atoms. The van der Waals surface area contributed by atoms with Crippen LogP contribution in [0.4, 0.5) is 0 Å². The summed E-state index contributed by atoms with van der Waals surface area (Å²) in [6, 6.07) is 12.8. The van der Waals surface area contributed by atoms with Gasteiger partial charge in [-0.1, -0.05) is 17.3 Å². The molecule has 0 bridgehead atoms. The monoisotopic (exact) mass is 423 g/mol. The average molecular weight is 423 g/mol. The summed E-state index contributed by atoms with van der Waals surface area (Å²) in [4.78, 5) is 19.5. The molecule has 2 aromatic carbocycles. The van der Waals surface area contributed by atoms with E-state index in [1.165, 1.54) is 0 Å². The molecule has 0 radical (unpaired) electrons. The summed E-state index contributed by atoms with van der Waals surface area (Å²) in [5.41, 5.74) is 1.29. The van der Waals surface area contributed by atoms with Crippen LogP contribution in [0.2, 0.25) is 0 Å². The van der Waals surface area contributed by atoms with Crippen molar-refractivity contribution < 1.29 is 23.5 Å². The first kappa shape index (κ1) is 20.7. The van der Waals surface area contributed by atoms with Crippen LogP contribution in [-0.2, 0) is 0 Å². The molecule has 3 aromatic rings. The first-order chi connectivity index (χ1) is 15.1. The predicted octanol–water partition coefficient (Wildman–Crippen LogP) is 3.78. The molecular weight excluding hydrogens is 398 g/mol. The zero-order valence-corrected chi connectivity index (χ0v) is 17.8. The van der Waals surface area contributed by atoms with Crippen LogP contribution in [0.3, 0.4) is 0 Å². The third-order valence-electron chi connectivity index (χ3n) is 5.57. The van der Waals surface area contributed by atoms with Gasteiger partial charge in [0.25, 0.3) is 11.8 Å². The fourth-order valence-corrected chi connectivity index (χ4v) is 3.82. The second-order valence-corrected chi connectivity index (χ2v) is 7.29. The van der Waals surface area contributed by atoms with Gasteiger partial charge in [-0.25, -0.2) is 0 Å². The van der Waals surface area contributed by atoms with Crippen molar-refractivity contribution in [2.45, 2.75) is 18.8 Å². The maximum absolute atomic E-state index is 13.0. The lowest BCUT2D eigenvalue weighted by atomic mass is 9.95. The van der Waals surface area contributed by atoms with Gasteiger partial charge < -0.3 is 23.6 Å². The zero-order valence-electron chi connectivity index (χ0n) is 17.8. The molecule has 0 saturated carbocycles. The van der Waals surface area contributed by atoms with Gasteiger partial charge >= 0.3 is 0 Å². The van der Waals surface area contributed by atoms with Crippen LogP contribution >= 0.6 is 0 Å². The molecule has 1 amide bonds. The Morgan fingerprint density at radius 3 is 2.45 bits per heavy atom. The van der Waals surface area contributed by atoms with E-state index in [0.29, 0.717) is 47.6 Å². The molecular formula is C23H25N3O5. The molecule has 2 heterocycles. The molecule has 0 N–H and O–H groups in total. The van der Waals surface area contributed by atoms with E-state index >= 15 is 0 Å². The van der Waals surface area contributed by atoms with Crippen molar-refractivity contribution in [1.82, 2.24) is 15.0 Å². The number of carbonyl (C=O) groups is 1. The summed E-state index contributed by atoms with van der Waals surface area (Å²) in [6.45, 7) is 1.22. The van der Waals surface area contributed by atoms with Gasteiger partial charge in [0.1, 0.15) is 17.2 Å². The van der Waals surface area contributed by atoms with E-state index in [1.54, 1.807) is 39.5 Å². The van der Waals surface area contributed by atoms with Gasteiger partial charge in [-0.05, 0) is 37.1 Å². The summed E-state index contributed by atoms with van der Waals surface area (Å²) in [5, 5.41) is 4.19. The number of nitrogens with zero attached hydrogens (tertiary/aromatic N) is 3. The smallest absolute Gasteiger partial charge is 0.261 e. The van der Waals surface area contributed by atoms with E-state index < -0.39 is 0 Å². The minimum Gasteiger partial charge on any atom is -0.497 e. The number of benzene rings is 2. The van der Waals surface area contributed by atoms with Crippen molar-refractivity contribution in [3.63, 3.8) is 0 Å². The highest BCUT2D eigenvalue weighted by Crippen LogP contribution is 2.33. The molecule has 1 aliphatic heterocycles.